The Balaban J connectivity index is 2.80. The van der Waals surface area contributed by atoms with Crippen LogP contribution in [0.2, 0.25) is 0 Å². The van der Waals surface area contributed by atoms with Crippen LogP contribution in [0.5, 0.6) is 0 Å². The zero-order valence-electron chi connectivity index (χ0n) is 12.0. The van der Waals surface area contributed by atoms with E-state index in [0.717, 1.165) is 23.1 Å². The lowest BCUT2D eigenvalue weighted by molar-refractivity contribution is -0.155. The summed E-state index contributed by atoms with van der Waals surface area (Å²) in [7, 11) is 0. The third-order valence-corrected chi connectivity index (χ3v) is 3.32. The van der Waals surface area contributed by atoms with Crippen molar-refractivity contribution in [1.29, 1.82) is 0 Å². The summed E-state index contributed by atoms with van der Waals surface area (Å²) < 4.78 is 5.38. The van der Waals surface area contributed by atoms with Gasteiger partial charge in [-0.1, -0.05) is 32.2 Å². The van der Waals surface area contributed by atoms with E-state index >= 15 is 0 Å². The number of esters is 1. The van der Waals surface area contributed by atoms with Crippen LogP contribution in [0.3, 0.4) is 0 Å². The molecule has 0 saturated heterocycles. The van der Waals surface area contributed by atoms with Crippen LogP contribution in [0.15, 0.2) is 31.4 Å². The van der Waals surface area contributed by atoms with Gasteiger partial charge in [-0.2, -0.15) is 0 Å². The molecular formula is C17H22O2. The van der Waals surface area contributed by atoms with Crippen molar-refractivity contribution in [1.82, 2.24) is 0 Å². The summed E-state index contributed by atoms with van der Waals surface area (Å²) in [5.74, 6) is -0.167. The molecule has 102 valence electrons. The Bertz CT molecular complexity index is 458. The maximum absolute atomic E-state index is 11.9. The molecule has 0 atom stereocenters. The average Bonchev–Trinajstić information content (AvgIpc) is 2.43. The first-order valence-electron chi connectivity index (χ1n) is 6.49. The number of ether oxygens (including phenoxy) is 1. The molecule has 0 aromatic heterocycles. The molecule has 0 aliphatic rings. The molecular weight excluding hydrogens is 236 g/mol. The van der Waals surface area contributed by atoms with Crippen molar-refractivity contribution >= 4 is 18.1 Å². The van der Waals surface area contributed by atoms with Gasteiger partial charge in [0, 0.05) is 0 Å². The van der Waals surface area contributed by atoms with Crippen LogP contribution in [0.4, 0.5) is 0 Å². The van der Waals surface area contributed by atoms with E-state index in [0.29, 0.717) is 0 Å². The van der Waals surface area contributed by atoms with Crippen molar-refractivity contribution < 1.29 is 9.53 Å². The van der Waals surface area contributed by atoms with Gasteiger partial charge in [-0.25, -0.2) is 0 Å². The first-order valence-corrected chi connectivity index (χ1v) is 6.49. The van der Waals surface area contributed by atoms with Crippen molar-refractivity contribution in [3.8, 4) is 0 Å². The fourth-order valence-corrected chi connectivity index (χ4v) is 1.55. The van der Waals surface area contributed by atoms with Gasteiger partial charge < -0.3 is 4.74 Å². The Morgan fingerprint density at radius 3 is 2.16 bits per heavy atom. The van der Waals surface area contributed by atoms with Gasteiger partial charge in [0.15, 0.2) is 0 Å². The summed E-state index contributed by atoms with van der Waals surface area (Å²) >= 11 is 0. The Morgan fingerprint density at radius 2 is 1.74 bits per heavy atom. The second kappa shape index (κ2) is 6.37. The summed E-state index contributed by atoms with van der Waals surface area (Å²) in [5.41, 5.74) is 2.51. The minimum Gasteiger partial charge on any atom is -0.460 e. The molecule has 2 heteroatoms. The van der Waals surface area contributed by atoms with E-state index in [1.807, 2.05) is 39.0 Å². The molecule has 0 fully saturated rings. The average molecular weight is 258 g/mol. The summed E-state index contributed by atoms with van der Waals surface area (Å²) in [4.78, 5) is 11.9. The zero-order chi connectivity index (χ0) is 14.5. The summed E-state index contributed by atoms with van der Waals surface area (Å²) in [5, 5.41) is 0. The van der Waals surface area contributed by atoms with Crippen molar-refractivity contribution in [2.45, 2.75) is 33.8 Å². The van der Waals surface area contributed by atoms with Crippen molar-refractivity contribution in [2.75, 3.05) is 0 Å². The molecule has 2 nitrogen and oxygen atoms in total. The van der Waals surface area contributed by atoms with E-state index in [1.165, 1.54) is 0 Å². The van der Waals surface area contributed by atoms with E-state index in [1.54, 1.807) is 12.2 Å². The molecule has 0 aliphatic heterocycles. The Morgan fingerprint density at radius 1 is 1.21 bits per heavy atom. The topological polar surface area (TPSA) is 26.3 Å². The van der Waals surface area contributed by atoms with Crippen molar-refractivity contribution in [2.24, 2.45) is 5.41 Å². The van der Waals surface area contributed by atoms with Gasteiger partial charge in [0.05, 0.1) is 5.41 Å². The van der Waals surface area contributed by atoms with Gasteiger partial charge in [-0.05, 0) is 55.2 Å². The Hall–Kier alpha value is -1.83. The molecule has 0 aliphatic carbocycles. The Labute approximate surface area is 115 Å². The number of hydrogen-bond donors (Lipinski definition) is 0. The molecule has 1 rings (SSSR count). The lowest BCUT2D eigenvalue weighted by atomic mass is 9.91. The highest BCUT2D eigenvalue weighted by Gasteiger charge is 2.26. The predicted molar refractivity (Wildman–Crippen MR) is 80.5 cm³/mol. The normalized spacial score (nSPS) is 10.9. The molecule has 0 bridgehead atoms. The minimum absolute atomic E-state index is 0.167. The number of hydrogen-bond acceptors (Lipinski definition) is 2. The van der Waals surface area contributed by atoms with Crippen LogP contribution in [0.1, 0.15) is 43.9 Å². The lowest BCUT2D eigenvalue weighted by Gasteiger charge is -2.20. The second-order valence-corrected chi connectivity index (χ2v) is 5.23. The Kier molecular flexibility index (Phi) is 5.11. The van der Waals surface area contributed by atoms with Gasteiger partial charge in [0.25, 0.3) is 0 Å². The second-order valence-electron chi connectivity index (χ2n) is 5.23. The van der Waals surface area contributed by atoms with Gasteiger partial charge in [-0.15, -0.1) is 0 Å². The third kappa shape index (κ3) is 4.09. The van der Waals surface area contributed by atoms with E-state index in [2.05, 4.69) is 13.2 Å². The minimum atomic E-state index is -0.433. The smallest absolute Gasteiger partial charge is 0.311 e. The van der Waals surface area contributed by atoms with Gasteiger partial charge in [0.1, 0.15) is 6.61 Å². The SMILES string of the molecule is C=Cc1cc(C=C)cc(COC(=O)C(C)(C)CC)c1. The number of benzene rings is 1. The monoisotopic (exact) mass is 258 g/mol. The molecule has 0 amide bonds. The van der Waals surface area contributed by atoms with Crippen molar-refractivity contribution in [3.63, 3.8) is 0 Å². The van der Waals surface area contributed by atoms with E-state index in [-0.39, 0.29) is 12.6 Å². The van der Waals surface area contributed by atoms with Crippen LogP contribution in [-0.2, 0) is 16.1 Å². The molecule has 1 aromatic carbocycles. The highest BCUT2D eigenvalue weighted by Crippen LogP contribution is 2.22. The fourth-order valence-electron chi connectivity index (χ4n) is 1.55. The van der Waals surface area contributed by atoms with Crippen LogP contribution in [0.25, 0.3) is 12.2 Å². The van der Waals surface area contributed by atoms with Crippen LogP contribution >= 0.6 is 0 Å². The molecule has 0 radical (unpaired) electrons. The summed E-state index contributed by atoms with van der Waals surface area (Å²) in [6.07, 6.45) is 4.30. The number of carbonyl (C=O) groups excluding carboxylic acids is 1. The number of carbonyl (C=O) groups is 1. The van der Waals surface area contributed by atoms with Gasteiger partial charge >= 0.3 is 5.97 Å². The summed E-state index contributed by atoms with van der Waals surface area (Å²) in [6, 6.07) is 5.92. The first kappa shape index (κ1) is 15.2. The highest BCUT2D eigenvalue weighted by atomic mass is 16.5. The van der Waals surface area contributed by atoms with Gasteiger partial charge in [-0.3, -0.25) is 4.79 Å². The molecule has 0 unspecified atom stereocenters. The first-order chi connectivity index (χ1) is 8.92. The molecule has 19 heavy (non-hydrogen) atoms. The maximum atomic E-state index is 11.9. The molecule has 0 N–H and O–H groups in total. The summed E-state index contributed by atoms with van der Waals surface area (Å²) in [6.45, 7) is 13.6. The molecule has 0 heterocycles. The zero-order valence-corrected chi connectivity index (χ0v) is 12.0. The fraction of sp³-hybridized carbons (Fsp3) is 0.353. The third-order valence-electron chi connectivity index (χ3n) is 3.32. The highest BCUT2D eigenvalue weighted by molar-refractivity contribution is 5.75. The van der Waals surface area contributed by atoms with Crippen molar-refractivity contribution in [3.05, 3.63) is 48.0 Å². The van der Waals surface area contributed by atoms with Crippen LogP contribution < -0.4 is 0 Å². The quantitative estimate of drug-likeness (QED) is 0.704. The largest absolute Gasteiger partial charge is 0.460 e. The molecule has 1 aromatic rings. The molecule has 0 spiro atoms. The maximum Gasteiger partial charge on any atom is 0.311 e. The van der Waals surface area contributed by atoms with E-state index in [4.69, 9.17) is 4.74 Å². The lowest BCUT2D eigenvalue weighted by Crippen LogP contribution is -2.25. The number of rotatable bonds is 6. The van der Waals surface area contributed by atoms with Crippen LogP contribution in [-0.4, -0.2) is 5.97 Å². The predicted octanol–water partition coefficient (Wildman–Crippen LogP) is 4.45. The van der Waals surface area contributed by atoms with E-state index < -0.39 is 5.41 Å². The van der Waals surface area contributed by atoms with E-state index in [9.17, 15) is 4.79 Å². The standard InChI is InChI=1S/C17H22O2/c1-6-13-9-14(7-2)11-15(10-13)12-19-16(18)17(4,5)8-3/h6-7,9-11H,1-2,8,12H2,3-5H3. The van der Waals surface area contributed by atoms with Crippen LogP contribution in [0, 0.1) is 5.41 Å². The van der Waals surface area contributed by atoms with Gasteiger partial charge in [0.2, 0.25) is 0 Å². The molecule has 0 saturated carbocycles.